The molecule has 0 unspecified atom stereocenters. The Kier molecular flexibility index (Phi) is 3.91. The zero-order chi connectivity index (χ0) is 13.1. The summed E-state index contributed by atoms with van der Waals surface area (Å²) in [5, 5.41) is 13.9. The number of rotatable bonds is 4. The van der Waals surface area contributed by atoms with Gasteiger partial charge in [0, 0.05) is 30.4 Å². The zero-order valence-electron chi connectivity index (χ0n) is 11.0. The topological polar surface area (TPSA) is 52.0 Å². The van der Waals surface area contributed by atoms with Gasteiger partial charge in [-0.1, -0.05) is 11.3 Å². The van der Waals surface area contributed by atoms with Crippen molar-refractivity contribution in [1.82, 2.24) is 20.3 Å². The molecule has 0 aliphatic carbocycles. The Hall–Kier alpha value is -1.24. The predicted molar refractivity (Wildman–Crippen MR) is 73.9 cm³/mol. The molecule has 3 heterocycles. The summed E-state index contributed by atoms with van der Waals surface area (Å²) < 4.78 is 7.71. The van der Waals surface area contributed by atoms with E-state index >= 15 is 0 Å². The van der Waals surface area contributed by atoms with E-state index in [1.165, 1.54) is 4.88 Å². The Balaban J connectivity index is 1.54. The van der Waals surface area contributed by atoms with Crippen molar-refractivity contribution in [3.8, 4) is 0 Å². The van der Waals surface area contributed by atoms with Crippen molar-refractivity contribution < 1.29 is 4.74 Å². The number of nitrogens with one attached hydrogen (secondary N) is 1. The van der Waals surface area contributed by atoms with Crippen LogP contribution >= 0.6 is 11.3 Å². The average molecular weight is 278 g/mol. The summed E-state index contributed by atoms with van der Waals surface area (Å²) in [6.45, 7) is 6.14. The minimum Gasteiger partial charge on any atom is -0.375 e. The molecule has 0 aromatic carbocycles. The Bertz CT molecular complexity index is 523. The van der Waals surface area contributed by atoms with Crippen molar-refractivity contribution in [3.63, 3.8) is 0 Å². The molecule has 3 rings (SSSR count). The minimum absolute atomic E-state index is 0.447. The first-order valence-corrected chi connectivity index (χ1v) is 7.40. The standard InChI is InChI=1S/C13H18N4OS/c1-10-13-9-18-8-11(7-17(13)16-15-10)5-14-6-12-3-2-4-19-12/h2-4,11,14H,5-9H2,1H3/t11-/m0/s1. The highest BCUT2D eigenvalue weighted by Gasteiger charge is 2.19. The van der Waals surface area contributed by atoms with Gasteiger partial charge < -0.3 is 10.1 Å². The molecule has 19 heavy (non-hydrogen) atoms. The van der Waals surface area contributed by atoms with Crippen molar-refractivity contribution in [3.05, 3.63) is 33.8 Å². The van der Waals surface area contributed by atoms with E-state index in [4.69, 9.17) is 4.74 Å². The van der Waals surface area contributed by atoms with Gasteiger partial charge in [-0.2, -0.15) is 0 Å². The highest BCUT2D eigenvalue weighted by molar-refractivity contribution is 7.09. The molecule has 5 nitrogen and oxygen atoms in total. The van der Waals surface area contributed by atoms with Crippen LogP contribution in [0.5, 0.6) is 0 Å². The maximum absolute atomic E-state index is 5.72. The monoisotopic (exact) mass is 278 g/mol. The molecule has 0 radical (unpaired) electrons. The number of aromatic nitrogens is 3. The lowest BCUT2D eigenvalue weighted by atomic mass is 10.1. The van der Waals surface area contributed by atoms with E-state index in [2.05, 4.69) is 33.1 Å². The van der Waals surface area contributed by atoms with Crippen molar-refractivity contribution >= 4 is 11.3 Å². The summed E-state index contributed by atoms with van der Waals surface area (Å²) in [5.41, 5.74) is 2.09. The third-order valence-electron chi connectivity index (χ3n) is 3.37. The van der Waals surface area contributed by atoms with Crippen molar-refractivity contribution in [2.75, 3.05) is 13.2 Å². The first-order valence-electron chi connectivity index (χ1n) is 6.52. The molecule has 0 saturated carbocycles. The zero-order valence-corrected chi connectivity index (χ0v) is 11.8. The molecule has 0 spiro atoms. The fraction of sp³-hybridized carbons (Fsp3) is 0.538. The largest absolute Gasteiger partial charge is 0.375 e. The van der Waals surface area contributed by atoms with Crippen molar-refractivity contribution in [1.29, 1.82) is 0 Å². The van der Waals surface area contributed by atoms with Gasteiger partial charge >= 0.3 is 0 Å². The van der Waals surface area contributed by atoms with E-state index in [-0.39, 0.29) is 0 Å². The van der Waals surface area contributed by atoms with E-state index in [1.54, 1.807) is 11.3 Å². The molecule has 2 aromatic rings. The summed E-state index contributed by atoms with van der Waals surface area (Å²) in [6.07, 6.45) is 0. The lowest BCUT2D eigenvalue weighted by Crippen LogP contribution is -2.28. The SMILES string of the molecule is Cc1nnn2c1COC[C@@H](CNCc1cccs1)C2. The number of fused-ring (bicyclic) bond motifs is 1. The quantitative estimate of drug-likeness (QED) is 0.922. The van der Waals surface area contributed by atoms with Gasteiger partial charge in [-0.15, -0.1) is 16.4 Å². The molecular formula is C13H18N4OS. The number of thiophene rings is 1. The Morgan fingerprint density at radius 3 is 3.37 bits per heavy atom. The molecule has 102 valence electrons. The molecular weight excluding hydrogens is 260 g/mol. The van der Waals surface area contributed by atoms with Gasteiger partial charge in [0.15, 0.2) is 0 Å². The smallest absolute Gasteiger partial charge is 0.0904 e. The van der Waals surface area contributed by atoms with E-state index in [0.29, 0.717) is 12.5 Å². The van der Waals surface area contributed by atoms with Crippen LogP contribution in [0, 0.1) is 12.8 Å². The second-order valence-corrected chi connectivity index (χ2v) is 5.93. The van der Waals surface area contributed by atoms with Crippen LogP contribution < -0.4 is 5.32 Å². The van der Waals surface area contributed by atoms with Crippen LogP contribution in [0.2, 0.25) is 0 Å². The van der Waals surface area contributed by atoms with Gasteiger partial charge in [-0.25, -0.2) is 4.68 Å². The predicted octanol–water partition coefficient (Wildman–Crippen LogP) is 1.58. The minimum atomic E-state index is 0.447. The molecule has 0 bridgehead atoms. The molecule has 1 atom stereocenters. The van der Waals surface area contributed by atoms with Crippen LogP contribution in [0.4, 0.5) is 0 Å². The van der Waals surface area contributed by atoms with Crippen LogP contribution in [0.3, 0.4) is 0 Å². The molecule has 0 saturated heterocycles. The number of aryl methyl sites for hydroxylation is 1. The molecule has 0 amide bonds. The molecule has 1 N–H and O–H groups in total. The second kappa shape index (κ2) is 5.81. The van der Waals surface area contributed by atoms with Gasteiger partial charge in [0.25, 0.3) is 0 Å². The van der Waals surface area contributed by atoms with Crippen molar-refractivity contribution in [2.24, 2.45) is 5.92 Å². The molecule has 6 heteroatoms. The summed E-state index contributed by atoms with van der Waals surface area (Å²) >= 11 is 1.78. The number of ether oxygens (including phenoxy) is 1. The van der Waals surface area contributed by atoms with Crippen LogP contribution in [0.15, 0.2) is 17.5 Å². The normalized spacial score (nSPS) is 19.1. The van der Waals surface area contributed by atoms with E-state index in [1.807, 2.05) is 11.6 Å². The molecule has 1 aliphatic rings. The molecule has 0 fully saturated rings. The summed E-state index contributed by atoms with van der Waals surface area (Å²) in [5.74, 6) is 0.447. The Labute approximate surface area is 116 Å². The molecule has 2 aromatic heterocycles. The lowest BCUT2D eigenvalue weighted by molar-refractivity contribution is 0.0936. The van der Waals surface area contributed by atoms with Crippen LogP contribution in [0.1, 0.15) is 16.3 Å². The number of nitrogens with zero attached hydrogens (tertiary/aromatic N) is 3. The second-order valence-electron chi connectivity index (χ2n) is 4.90. The third kappa shape index (κ3) is 3.02. The van der Waals surface area contributed by atoms with Gasteiger partial charge in [-0.05, 0) is 18.4 Å². The molecule has 1 aliphatic heterocycles. The number of hydrogen-bond donors (Lipinski definition) is 1. The highest BCUT2D eigenvalue weighted by atomic mass is 32.1. The van der Waals surface area contributed by atoms with Crippen LogP contribution in [-0.2, 0) is 24.4 Å². The van der Waals surface area contributed by atoms with Crippen LogP contribution in [0.25, 0.3) is 0 Å². The van der Waals surface area contributed by atoms with E-state index in [9.17, 15) is 0 Å². The Morgan fingerprint density at radius 1 is 1.58 bits per heavy atom. The first-order chi connectivity index (χ1) is 9.33. The Morgan fingerprint density at radius 2 is 2.53 bits per heavy atom. The summed E-state index contributed by atoms with van der Waals surface area (Å²) in [6, 6.07) is 4.24. The van der Waals surface area contributed by atoms with Crippen molar-refractivity contribution in [2.45, 2.75) is 26.6 Å². The third-order valence-corrected chi connectivity index (χ3v) is 4.24. The number of hydrogen-bond acceptors (Lipinski definition) is 5. The van der Waals surface area contributed by atoms with Gasteiger partial charge in [0.2, 0.25) is 0 Å². The van der Waals surface area contributed by atoms with Crippen LogP contribution in [-0.4, -0.2) is 28.1 Å². The fourth-order valence-electron chi connectivity index (χ4n) is 2.30. The van der Waals surface area contributed by atoms with Gasteiger partial charge in [0.05, 0.1) is 24.6 Å². The maximum Gasteiger partial charge on any atom is 0.0904 e. The van der Waals surface area contributed by atoms with E-state index < -0.39 is 0 Å². The van der Waals surface area contributed by atoms with Gasteiger partial charge in [-0.3, -0.25) is 0 Å². The highest BCUT2D eigenvalue weighted by Crippen LogP contribution is 2.14. The van der Waals surface area contributed by atoms with Gasteiger partial charge in [0.1, 0.15) is 0 Å². The lowest BCUT2D eigenvalue weighted by Gasteiger charge is -2.14. The first kappa shape index (κ1) is 12.8. The summed E-state index contributed by atoms with van der Waals surface area (Å²) in [4.78, 5) is 1.37. The van der Waals surface area contributed by atoms with E-state index in [0.717, 1.165) is 37.6 Å². The average Bonchev–Trinajstić information content (AvgIpc) is 2.97. The summed E-state index contributed by atoms with van der Waals surface area (Å²) in [7, 11) is 0. The maximum atomic E-state index is 5.72. The fourth-order valence-corrected chi connectivity index (χ4v) is 2.98.